The van der Waals surface area contributed by atoms with E-state index in [2.05, 4.69) is 4.98 Å². The lowest BCUT2D eigenvalue weighted by Gasteiger charge is -2.43. The van der Waals surface area contributed by atoms with Gasteiger partial charge < -0.3 is 23.9 Å². The summed E-state index contributed by atoms with van der Waals surface area (Å²) in [6.45, 7) is 10.6. The molecular weight excluding hydrogens is 549 g/mol. The Morgan fingerprint density at radius 2 is 1.64 bits per heavy atom. The van der Waals surface area contributed by atoms with Crippen LogP contribution in [0.1, 0.15) is 64.4 Å². The number of aromatic amines is 1. The lowest BCUT2D eigenvalue weighted by molar-refractivity contribution is -0.160. The van der Waals surface area contributed by atoms with Crippen LogP contribution in [0.3, 0.4) is 0 Å². The van der Waals surface area contributed by atoms with Crippen molar-refractivity contribution in [2.75, 3.05) is 39.6 Å². The van der Waals surface area contributed by atoms with Gasteiger partial charge >= 0.3 is 5.97 Å². The molecule has 0 unspecified atom stereocenters. The number of halogens is 3. The van der Waals surface area contributed by atoms with Gasteiger partial charge in [0.15, 0.2) is 0 Å². The largest absolute Gasteiger partial charge is 0.491 e. The molecule has 1 aliphatic heterocycles. The van der Waals surface area contributed by atoms with Crippen LogP contribution < -0.4 is 4.74 Å². The van der Waals surface area contributed by atoms with Gasteiger partial charge in [-0.2, -0.15) is 0 Å². The fourth-order valence-electron chi connectivity index (χ4n) is 5.37. The smallest absolute Gasteiger partial charge is 0.332 e. The Balaban J connectivity index is 1.42. The van der Waals surface area contributed by atoms with E-state index in [1.807, 2.05) is 36.1 Å². The van der Waals surface area contributed by atoms with Gasteiger partial charge in [0.2, 0.25) is 0 Å². The number of benzene rings is 2. The van der Waals surface area contributed by atoms with Crippen LogP contribution in [0.25, 0.3) is 10.9 Å². The second kappa shape index (κ2) is 13.1. The fraction of sp³-hybridized carbons (Fsp3) is 0.531. The average molecular weight is 591 g/mol. The van der Waals surface area contributed by atoms with Gasteiger partial charge in [-0.3, -0.25) is 4.90 Å². The van der Waals surface area contributed by atoms with Crippen LogP contribution in [0.4, 0.5) is 13.2 Å². The van der Waals surface area contributed by atoms with Gasteiger partial charge in [-0.25, -0.2) is 18.0 Å². The predicted octanol–water partition coefficient (Wildman–Crippen LogP) is 6.28. The number of carbonyl (C=O) groups excluding carboxylic acids is 1. The number of aromatic nitrogens is 1. The molecule has 1 aliphatic rings. The zero-order valence-corrected chi connectivity index (χ0v) is 25.2. The van der Waals surface area contributed by atoms with Gasteiger partial charge in [0.05, 0.1) is 25.9 Å². The van der Waals surface area contributed by atoms with Gasteiger partial charge in [0.1, 0.15) is 41.9 Å². The molecule has 0 spiro atoms. The van der Waals surface area contributed by atoms with Crippen molar-refractivity contribution in [1.29, 1.82) is 0 Å². The van der Waals surface area contributed by atoms with E-state index in [1.165, 1.54) is 13.8 Å². The maximum absolute atomic E-state index is 15.7. The SMILES string of the molecule is C[C@@H]1Cc2c([nH]c3ccccc23)[C@@H](c2c(F)cc(OCCOCCOCC(=O)OC(C)(C)C)cc2F)N1CC(C)(C)F. The van der Waals surface area contributed by atoms with Crippen LogP contribution >= 0.6 is 0 Å². The maximum atomic E-state index is 15.7. The van der Waals surface area contributed by atoms with Crippen molar-refractivity contribution < 1.29 is 36.9 Å². The van der Waals surface area contributed by atoms with Crippen LogP contribution in [0.15, 0.2) is 36.4 Å². The molecule has 4 rings (SSSR count). The third-order valence-electron chi connectivity index (χ3n) is 6.91. The Hall–Kier alpha value is -3.08. The van der Waals surface area contributed by atoms with Gasteiger partial charge in [0.25, 0.3) is 0 Å². The number of para-hydroxylation sites is 1. The molecule has 42 heavy (non-hydrogen) atoms. The first-order valence-electron chi connectivity index (χ1n) is 14.3. The van der Waals surface area contributed by atoms with Crippen LogP contribution in [-0.4, -0.2) is 72.7 Å². The number of rotatable bonds is 12. The summed E-state index contributed by atoms with van der Waals surface area (Å²) >= 11 is 0. The van der Waals surface area contributed by atoms with Crippen molar-refractivity contribution >= 4 is 16.9 Å². The van der Waals surface area contributed by atoms with Gasteiger partial charge in [-0.1, -0.05) is 18.2 Å². The minimum atomic E-state index is -1.58. The number of H-pyrrole nitrogens is 1. The summed E-state index contributed by atoms with van der Waals surface area (Å²) in [7, 11) is 0. The molecule has 7 nitrogen and oxygen atoms in total. The Morgan fingerprint density at radius 3 is 2.31 bits per heavy atom. The molecule has 3 aromatic rings. The van der Waals surface area contributed by atoms with E-state index in [0.29, 0.717) is 12.1 Å². The van der Waals surface area contributed by atoms with Crippen LogP contribution in [0.2, 0.25) is 0 Å². The molecule has 0 saturated carbocycles. The molecular formula is C32H41F3N2O5. The third kappa shape index (κ3) is 8.05. The summed E-state index contributed by atoms with van der Waals surface area (Å²) in [6.07, 6.45) is 0.627. The number of hydrogen-bond donors (Lipinski definition) is 1. The number of hydrogen-bond acceptors (Lipinski definition) is 6. The highest BCUT2D eigenvalue weighted by molar-refractivity contribution is 5.85. The molecule has 2 aromatic carbocycles. The highest BCUT2D eigenvalue weighted by Crippen LogP contribution is 2.43. The first kappa shape index (κ1) is 31.8. The Kier molecular flexibility index (Phi) is 9.90. The Bertz CT molecular complexity index is 1360. The van der Waals surface area contributed by atoms with Crippen molar-refractivity contribution in [3.63, 3.8) is 0 Å². The summed E-state index contributed by atoms with van der Waals surface area (Å²) in [5.74, 6) is -1.98. The number of nitrogens with zero attached hydrogens (tertiary/aromatic N) is 1. The van der Waals surface area contributed by atoms with Gasteiger partial charge in [-0.15, -0.1) is 0 Å². The maximum Gasteiger partial charge on any atom is 0.332 e. The molecule has 1 N–H and O–H groups in total. The molecule has 10 heteroatoms. The highest BCUT2D eigenvalue weighted by Gasteiger charge is 2.41. The minimum absolute atomic E-state index is 0.00357. The molecule has 0 radical (unpaired) electrons. The van der Waals surface area contributed by atoms with Crippen LogP contribution in [0, 0.1) is 11.6 Å². The Morgan fingerprint density at radius 1 is 1.00 bits per heavy atom. The van der Waals surface area contributed by atoms with Gasteiger partial charge in [-0.05, 0) is 59.6 Å². The summed E-state index contributed by atoms with van der Waals surface area (Å²) in [5.41, 5.74) is 0.230. The second-order valence-corrected chi connectivity index (χ2v) is 12.3. The number of carbonyl (C=O) groups is 1. The normalized spacial score (nSPS) is 17.8. The van der Waals surface area contributed by atoms with E-state index in [0.717, 1.165) is 28.6 Å². The average Bonchev–Trinajstić information content (AvgIpc) is 3.23. The molecule has 2 heterocycles. The van der Waals surface area contributed by atoms with E-state index in [-0.39, 0.29) is 56.9 Å². The third-order valence-corrected chi connectivity index (χ3v) is 6.91. The minimum Gasteiger partial charge on any atom is -0.491 e. The monoisotopic (exact) mass is 590 g/mol. The molecule has 1 aromatic heterocycles. The molecule has 0 saturated heterocycles. The zero-order valence-electron chi connectivity index (χ0n) is 25.2. The summed E-state index contributed by atoms with van der Waals surface area (Å²) in [6, 6.07) is 9.06. The zero-order chi connectivity index (χ0) is 30.7. The first-order valence-corrected chi connectivity index (χ1v) is 14.3. The predicted molar refractivity (Wildman–Crippen MR) is 155 cm³/mol. The van der Waals surface area contributed by atoms with E-state index < -0.39 is 34.9 Å². The van der Waals surface area contributed by atoms with E-state index >= 15 is 8.78 Å². The standard InChI is InChI=1S/C32H41F3N2O5/c1-20-15-23-22-9-7-8-10-26(22)36-29(23)30(37(20)19-32(5,6)35)28-24(33)16-21(17-25(28)34)41-14-13-39-11-12-40-18-27(38)42-31(2,3)4/h7-10,16-17,20,30,36H,11-15,18-19H2,1-6H3/t20-,30-/m1/s1. The van der Waals surface area contributed by atoms with Crippen LogP contribution in [0.5, 0.6) is 5.75 Å². The summed E-state index contributed by atoms with van der Waals surface area (Å²) < 4.78 is 67.7. The van der Waals surface area contributed by atoms with E-state index in [9.17, 15) is 9.18 Å². The fourth-order valence-corrected chi connectivity index (χ4v) is 5.37. The highest BCUT2D eigenvalue weighted by atomic mass is 19.1. The van der Waals surface area contributed by atoms with E-state index in [1.54, 1.807) is 20.8 Å². The molecule has 2 atom stereocenters. The lowest BCUT2D eigenvalue weighted by atomic mass is 9.87. The van der Waals surface area contributed by atoms with Crippen molar-refractivity contribution in [1.82, 2.24) is 9.88 Å². The molecule has 0 fully saturated rings. The first-order chi connectivity index (χ1) is 19.7. The van der Waals surface area contributed by atoms with Gasteiger partial charge in [0, 0.05) is 46.9 Å². The second-order valence-electron chi connectivity index (χ2n) is 12.3. The quantitative estimate of drug-likeness (QED) is 0.198. The van der Waals surface area contributed by atoms with Crippen LogP contribution in [-0.2, 0) is 25.4 Å². The number of ether oxygens (including phenoxy) is 4. The number of alkyl halides is 1. The summed E-state index contributed by atoms with van der Waals surface area (Å²) in [4.78, 5) is 16.8. The topological polar surface area (TPSA) is 73.0 Å². The van der Waals surface area contributed by atoms with Crippen molar-refractivity contribution in [2.45, 2.75) is 71.3 Å². The lowest BCUT2D eigenvalue weighted by Crippen LogP contribution is -2.48. The molecule has 230 valence electrons. The summed E-state index contributed by atoms with van der Waals surface area (Å²) in [5, 5.41) is 1.000. The number of fused-ring (bicyclic) bond motifs is 3. The molecule has 0 amide bonds. The number of esters is 1. The molecule has 0 bridgehead atoms. The van der Waals surface area contributed by atoms with Crippen molar-refractivity contribution in [3.05, 3.63) is 64.9 Å². The number of nitrogens with one attached hydrogen (secondary N) is 1. The van der Waals surface area contributed by atoms with Crippen molar-refractivity contribution in [2.24, 2.45) is 0 Å². The molecule has 0 aliphatic carbocycles. The Labute approximate surface area is 245 Å². The van der Waals surface area contributed by atoms with E-state index in [4.69, 9.17) is 18.9 Å². The van der Waals surface area contributed by atoms with Crippen molar-refractivity contribution in [3.8, 4) is 5.75 Å².